The first-order valence-electron chi connectivity index (χ1n) is 3.68. The monoisotopic (exact) mass is 324 g/mol. The van der Waals surface area contributed by atoms with Crippen molar-refractivity contribution in [3.63, 3.8) is 0 Å². The SMILES string of the molecule is Oc1c(I)sc2cc(CCl)ccc12. The number of aromatic hydroxyl groups is 1. The highest BCUT2D eigenvalue weighted by atomic mass is 127. The summed E-state index contributed by atoms with van der Waals surface area (Å²) in [5.74, 6) is 0.910. The van der Waals surface area contributed by atoms with Crippen LogP contribution in [0.3, 0.4) is 0 Å². The maximum atomic E-state index is 9.63. The van der Waals surface area contributed by atoms with Crippen molar-refractivity contribution in [3.05, 3.63) is 26.6 Å². The van der Waals surface area contributed by atoms with Crippen LogP contribution in [0, 0.1) is 2.88 Å². The number of alkyl halides is 1. The largest absolute Gasteiger partial charge is 0.505 e. The third-order valence-corrected chi connectivity index (χ3v) is 4.25. The fourth-order valence-electron chi connectivity index (χ4n) is 1.18. The molecule has 4 heteroatoms. The van der Waals surface area contributed by atoms with Crippen LogP contribution in [0.2, 0.25) is 0 Å². The van der Waals surface area contributed by atoms with Gasteiger partial charge in [-0.2, -0.15) is 0 Å². The summed E-state index contributed by atoms with van der Waals surface area (Å²) in [7, 11) is 0. The predicted octanol–water partition coefficient (Wildman–Crippen LogP) is 3.95. The second-order valence-electron chi connectivity index (χ2n) is 2.69. The van der Waals surface area contributed by atoms with Gasteiger partial charge in [0.25, 0.3) is 0 Å². The Labute approximate surface area is 98.5 Å². The fourth-order valence-corrected chi connectivity index (χ4v) is 3.23. The maximum absolute atomic E-state index is 9.63. The first-order valence-corrected chi connectivity index (χ1v) is 6.11. The van der Waals surface area contributed by atoms with E-state index in [1.54, 1.807) is 11.3 Å². The summed E-state index contributed by atoms with van der Waals surface area (Å²) in [6, 6.07) is 5.88. The Kier molecular flexibility index (Phi) is 2.67. The number of hydrogen-bond donors (Lipinski definition) is 1. The van der Waals surface area contributed by atoms with Gasteiger partial charge in [0.15, 0.2) is 0 Å². The van der Waals surface area contributed by atoms with Crippen molar-refractivity contribution in [1.29, 1.82) is 0 Å². The molecule has 0 aliphatic heterocycles. The summed E-state index contributed by atoms with van der Waals surface area (Å²) < 4.78 is 2.03. The predicted molar refractivity (Wildman–Crippen MR) is 65.8 cm³/mol. The van der Waals surface area contributed by atoms with E-state index in [1.807, 2.05) is 18.2 Å². The fraction of sp³-hybridized carbons (Fsp3) is 0.111. The summed E-state index contributed by atoms with van der Waals surface area (Å²) in [6.07, 6.45) is 0. The Morgan fingerprint density at radius 1 is 1.46 bits per heavy atom. The molecule has 2 rings (SSSR count). The van der Waals surface area contributed by atoms with Gasteiger partial charge in [0.05, 0.1) is 0 Å². The first kappa shape index (κ1) is 9.55. The second-order valence-corrected chi connectivity index (χ2v) is 5.82. The molecule has 0 atom stereocenters. The van der Waals surface area contributed by atoms with Gasteiger partial charge in [-0.25, -0.2) is 0 Å². The lowest BCUT2D eigenvalue weighted by Gasteiger charge is -1.94. The molecule has 0 spiro atoms. The molecule has 0 amide bonds. The molecule has 0 fully saturated rings. The van der Waals surface area contributed by atoms with E-state index in [1.165, 1.54) is 0 Å². The molecule has 1 heterocycles. The van der Waals surface area contributed by atoms with Crippen LogP contribution >= 0.6 is 45.5 Å². The van der Waals surface area contributed by atoms with Crippen molar-refractivity contribution >= 4 is 55.6 Å². The number of fused-ring (bicyclic) bond motifs is 1. The van der Waals surface area contributed by atoms with E-state index in [0.29, 0.717) is 11.6 Å². The molecule has 1 aromatic heterocycles. The zero-order chi connectivity index (χ0) is 9.42. The molecule has 1 N–H and O–H groups in total. The third-order valence-electron chi connectivity index (χ3n) is 1.84. The summed E-state index contributed by atoms with van der Waals surface area (Å²) in [5, 5.41) is 10.6. The molecule has 0 aliphatic rings. The van der Waals surface area contributed by atoms with Gasteiger partial charge in [-0.3, -0.25) is 0 Å². The summed E-state index contributed by atoms with van der Waals surface area (Å²) in [5.41, 5.74) is 1.09. The molecule has 68 valence electrons. The lowest BCUT2D eigenvalue weighted by Crippen LogP contribution is -1.74. The van der Waals surface area contributed by atoms with Crippen LogP contribution in [0.5, 0.6) is 5.75 Å². The average Bonchev–Trinajstić information content (AvgIpc) is 2.42. The van der Waals surface area contributed by atoms with Gasteiger partial charge in [0, 0.05) is 16.0 Å². The molecule has 0 aliphatic carbocycles. The Morgan fingerprint density at radius 3 is 2.92 bits per heavy atom. The number of thiophene rings is 1. The Morgan fingerprint density at radius 2 is 2.23 bits per heavy atom. The van der Waals surface area contributed by atoms with E-state index in [0.717, 1.165) is 18.5 Å². The molecule has 2 aromatic rings. The van der Waals surface area contributed by atoms with Crippen molar-refractivity contribution in [2.45, 2.75) is 5.88 Å². The van der Waals surface area contributed by atoms with Crippen LogP contribution in [-0.2, 0) is 5.88 Å². The molecular formula is C9H6ClIOS. The van der Waals surface area contributed by atoms with Gasteiger partial charge in [-0.1, -0.05) is 6.07 Å². The number of benzene rings is 1. The van der Waals surface area contributed by atoms with Gasteiger partial charge in [0.2, 0.25) is 0 Å². The van der Waals surface area contributed by atoms with Crippen LogP contribution in [0.25, 0.3) is 10.1 Å². The third kappa shape index (κ3) is 1.65. The molecule has 1 nitrogen and oxygen atoms in total. The van der Waals surface area contributed by atoms with Crippen LogP contribution < -0.4 is 0 Å². The maximum Gasteiger partial charge on any atom is 0.147 e. The van der Waals surface area contributed by atoms with Gasteiger partial charge < -0.3 is 5.11 Å². The van der Waals surface area contributed by atoms with Crippen molar-refractivity contribution in [1.82, 2.24) is 0 Å². The van der Waals surface area contributed by atoms with Gasteiger partial charge >= 0.3 is 0 Å². The lowest BCUT2D eigenvalue weighted by atomic mass is 10.2. The van der Waals surface area contributed by atoms with Gasteiger partial charge in [-0.05, 0) is 40.3 Å². The molecule has 0 radical (unpaired) electrons. The lowest BCUT2D eigenvalue weighted by molar-refractivity contribution is 0.480. The topological polar surface area (TPSA) is 20.2 Å². The molecule has 0 unspecified atom stereocenters. The first-order chi connectivity index (χ1) is 6.22. The van der Waals surface area contributed by atoms with Crippen molar-refractivity contribution in [3.8, 4) is 5.75 Å². The number of hydrogen-bond acceptors (Lipinski definition) is 2. The molecule has 0 saturated carbocycles. The van der Waals surface area contributed by atoms with E-state index < -0.39 is 0 Å². The molecule has 1 aromatic carbocycles. The Balaban J connectivity index is 2.73. The minimum Gasteiger partial charge on any atom is -0.505 e. The van der Waals surface area contributed by atoms with Gasteiger partial charge in [0.1, 0.15) is 8.63 Å². The highest BCUT2D eigenvalue weighted by molar-refractivity contribution is 14.1. The van der Waals surface area contributed by atoms with Gasteiger partial charge in [-0.15, -0.1) is 22.9 Å². The standard InChI is InChI=1S/C9H6ClIOS/c10-4-5-1-2-6-7(3-5)13-9(11)8(6)12/h1-3,12H,4H2. The van der Waals surface area contributed by atoms with E-state index in [4.69, 9.17) is 11.6 Å². The molecule has 13 heavy (non-hydrogen) atoms. The normalized spacial score (nSPS) is 10.9. The van der Waals surface area contributed by atoms with E-state index in [-0.39, 0.29) is 0 Å². The number of halogens is 2. The van der Waals surface area contributed by atoms with E-state index in [9.17, 15) is 5.11 Å². The average molecular weight is 325 g/mol. The number of rotatable bonds is 1. The van der Waals surface area contributed by atoms with E-state index >= 15 is 0 Å². The van der Waals surface area contributed by atoms with Crippen LogP contribution in [-0.4, -0.2) is 5.11 Å². The summed E-state index contributed by atoms with van der Waals surface area (Å²) in [4.78, 5) is 0. The van der Waals surface area contributed by atoms with E-state index in [2.05, 4.69) is 22.6 Å². The minimum absolute atomic E-state index is 0.390. The summed E-state index contributed by atoms with van der Waals surface area (Å²) in [6.45, 7) is 0. The Bertz CT molecular complexity index is 452. The quantitative estimate of drug-likeness (QED) is 0.622. The van der Waals surface area contributed by atoms with Crippen LogP contribution in [0.4, 0.5) is 0 Å². The molecule has 0 bridgehead atoms. The summed E-state index contributed by atoms with van der Waals surface area (Å²) >= 11 is 9.44. The van der Waals surface area contributed by atoms with Crippen LogP contribution in [0.1, 0.15) is 5.56 Å². The van der Waals surface area contributed by atoms with Crippen LogP contribution in [0.15, 0.2) is 18.2 Å². The molecule has 0 saturated heterocycles. The highest BCUT2D eigenvalue weighted by Gasteiger charge is 2.08. The Hall–Kier alpha value is -0.0000000000000000555. The van der Waals surface area contributed by atoms with Crippen molar-refractivity contribution in [2.24, 2.45) is 0 Å². The zero-order valence-electron chi connectivity index (χ0n) is 6.55. The molecular weight excluding hydrogens is 319 g/mol. The minimum atomic E-state index is 0.390. The van der Waals surface area contributed by atoms with Crippen molar-refractivity contribution < 1.29 is 5.11 Å². The second kappa shape index (κ2) is 3.63. The zero-order valence-corrected chi connectivity index (χ0v) is 10.3. The van der Waals surface area contributed by atoms with Crippen molar-refractivity contribution in [2.75, 3.05) is 0 Å². The smallest absolute Gasteiger partial charge is 0.147 e. The highest BCUT2D eigenvalue weighted by Crippen LogP contribution is 2.37.